The van der Waals surface area contributed by atoms with Gasteiger partial charge in [0.05, 0.1) is 7.11 Å². The van der Waals surface area contributed by atoms with Crippen LogP contribution in [0.2, 0.25) is 0 Å². The van der Waals surface area contributed by atoms with Crippen LogP contribution in [0.25, 0.3) is 5.57 Å². The number of halogens is 2. The fourth-order valence-corrected chi connectivity index (χ4v) is 2.47. The van der Waals surface area contributed by atoms with E-state index in [1.165, 1.54) is 0 Å². The Kier molecular flexibility index (Phi) is 4.16. The zero-order chi connectivity index (χ0) is 14.0. The lowest BCUT2D eigenvalue weighted by atomic mass is 9.84. The summed E-state index contributed by atoms with van der Waals surface area (Å²) in [6.07, 6.45) is 4.42. The van der Waals surface area contributed by atoms with Crippen molar-refractivity contribution >= 4 is 39.4 Å². The standard InChI is InChI=1S/C15H14BrClO2/c1-10-7-13(11-3-5-12(16)6-4-11)14(19-2)8-15(10,17)9-18/h3-10H,1-2H3. The van der Waals surface area contributed by atoms with E-state index in [0.29, 0.717) is 5.76 Å². The Hall–Kier alpha value is -1.06. The first kappa shape index (κ1) is 14.4. The van der Waals surface area contributed by atoms with E-state index >= 15 is 0 Å². The quantitative estimate of drug-likeness (QED) is 0.609. The molecule has 0 amide bonds. The van der Waals surface area contributed by atoms with Crippen molar-refractivity contribution in [2.24, 2.45) is 5.92 Å². The second-order valence-electron chi connectivity index (χ2n) is 4.53. The van der Waals surface area contributed by atoms with Crippen LogP contribution in [0, 0.1) is 5.92 Å². The molecule has 0 fully saturated rings. The molecule has 0 heterocycles. The van der Waals surface area contributed by atoms with Crippen LogP contribution in [0.5, 0.6) is 0 Å². The number of methoxy groups -OCH3 is 1. The lowest BCUT2D eigenvalue weighted by molar-refractivity contribution is -0.109. The monoisotopic (exact) mass is 340 g/mol. The molecule has 1 aliphatic carbocycles. The van der Waals surface area contributed by atoms with E-state index in [-0.39, 0.29) is 5.92 Å². The lowest BCUT2D eigenvalue weighted by Gasteiger charge is -2.29. The first-order valence-electron chi connectivity index (χ1n) is 5.90. The molecule has 0 bridgehead atoms. The van der Waals surface area contributed by atoms with Crippen molar-refractivity contribution in [3.05, 3.63) is 52.2 Å². The number of carbonyl (C=O) groups is 1. The van der Waals surface area contributed by atoms with Gasteiger partial charge in [-0.05, 0) is 23.8 Å². The average Bonchev–Trinajstić information content (AvgIpc) is 2.42. The highest BCUT2D eigenvalue weighted by molar-refractivity contribution is 9.10. The Morgan fingerprint density at radius 2 is 2.00 bits per heavy atom. The van der Waals surface area contributed by atoms with Crippen molar-refractivity contribution < 1.29 is 9.53 Å². The summed E-state index contributed by atoms with van der Waals surface area (Å²) >= 11 is 9.70. The predicted octanol–water partition coefficient (Wildman–Crippen LogP) is 4.19. The van der Waals surface area contributed by atoms with Gasteiger partial charge in [-0.1, -0.05) is 41.1 Å². The van der Waals surface area contributed by atoms with Gasteiger partial charge in [-0.25, -0.2) is 0 Å². The molecule has 4 heteroatoms. The van der Waals surface area contributed by atoms with Gasteiger partial charge in [0.25, 0.3) is 0 Å². The number of alkyl halides is 1. The molecule has 0 aliphatic heterocycles. The van der Waals surface area contributed by atoms with Crippen LogP contribution < -0.4 is 0 Å². The molecule has 2 nitrogen and oxygen atoms in total. The molecule has 0 spiro atoms. The number of aldehydes is 1. The maximum Gasteiger partial charge on any atom is 0.145 e. The Morgan fingerprint density at radius 1 is 1.37 bits per heavy atom. The highest BCUT2D eigenvalue weighted by atomic mass is 79.9. The van der Waals surface area contributed by atoms with Gasteiger partial charge in [0.1, 0.15) is 16.9 Å². The summed E-state index contributed by atoms with van der Waals surface area (Å²) in [5, 5.41) is 0. The molecule has 1 aliphatic rings. The van der Waals surface area contributed by atoms with E-state index in [1.807, 2.05) is 37.3 Å². The smallest absolute Gasteiger partial charge is 0.145 e. The van der Waals surface area contributed by atoms with E-state index in [9.17, 15) is 4.79 Å². The summed E-state index contributed by atoms with van der Waals surface area (Å²) < 4.78 is 6.39. The third-order valence-electron chi connectivity index (χ3n) is 3.29. The maximum absolute atomic E-state index is 11.2. The third kappa shape index (κ3) is 2.77. The number of allylic oxidation sites excluding steroid dienone is 3. The van der Waals surface area contributed by atoms with Gasteiger partial charge in [-0.3, -0.25) is 0 Å². The van der Waals surface area contributed by atoms with Crippen LogP contribution in [0.3, 0.4) is 0 Å². The minimum Gasteiger partial charge on any atom is -0.496 e. The minimum absolute atomic E-state index is 0.0933. The second kappa shape index (κ2) is 5.51. The molecule has 1 aromatic rings. The summed E-state index contributed by atoms with van der Waals surface area (Å²) in [6.45, 7) is 1.92. The normalized spacial score (nSPS) is 26.4. The van der Waals surface area contributed by atoms with Crippen molar-refractivity contribution in [1.82, 2.24) is 0 Å². The van der Waals surface area contributed by atoms with Crippen LogP contribution >= 0.6 is 27.5 Å². The number of benzene rings is 1. The van der Waals surface area contributed by atoms with Gasteiger partial charge >= 0.3 is 0 Å². The molecule has 19 heavy (non-hydrogen) atoms. The molecule has 0 radical (unpaired) electrons. The van der Waals surface area contributed by atoms with Crippen molar-refractivity contribution in [3.8, 4) is 0 Å². The van der Waals surface area contributed by atoms with E-state index in [4.69, 9.17) is 16.3 Å². The number of ether oxygens (including phenoxy) is 1. The molecule has 100 valence electrons. The number of rotatable bonds is 3. The molecular formula is C15H14BrClO2. The Balaban J connectivity index is 2.46. The Bertz CT molecular complexity index is 548. The highest BCUT2D eigenvalue weighted by Crippen LogP contribution is 2.39. The number of hydrogen-bond donors (Lipinski definition) is 0. The SMILES string of the molecule is COC1=CC(Cl)(C=O)C(C)C=C1c1ccc(Br)cc1. The fourth-order valence-electron chi connectivity index (χ4n) is 2.05. The summed E-state index contributed by atoms with van der Waals surface area (Å²) in [5.74, 6) is 0.534. The van der Waals surface area contributed by atoms with Crippen LogP contribution in [0.4, 0.5) is 0 Å². The van der Waals surface area contributed by atoms with Crippen LogP contribution in [0.1, 0.15) is 12.5 Å². The summed E-state index contributed by atoms with van der Waals surface area (Å²) in [4.78, 5) is 10.2. The molecule has 0 aromatic heterocycles. The second-order valence-corrected chi connectivity index (χ2v) is 6.10. The topological polar surface area (TPSA) is 26.3 Å². The molecule has 0 saturated heterocycles. The van der Waals surface area contributed by atoms with Gasteiger partial charge in [-0.15, -0.1) is 11.6 Å². The first-order valence-corrected chi connectivity index (χ1v) is 7.07. The van der Waals surface area contributed by atoms with Gasteiger partial charge < -0.3 is 9.53 Å². The molecular weight excluding hydrogens is 328 g/mol. The van der Waals surface area contributed by atoms with Gasteiger partial charge in [-0.2, -0.15) is 0 Å². The van der Waals surface area contributed by atoms with Crippen molar-refractivity contribution in [1.29, 1.82) is 0 Å². The van der Waals surface area contributed by atoms with Crippen LogP contribution in [-0.4, -0.2) is 18.3 Å². The summed E-state index contributed by atoms with van der Waals surface area (Å²) in [7, 11) is 1.58. The molecule has 1 aromatic carbocycles. The van der Waals surface area contributed by atoms with E-state index in [2.05, 4.69) is 15.9 Å². The van der Waals surface area contributed by atoms with Gasteiger partial charge in [0.15, 0.2) is 0 Å². The largest absolute Gasteiger partial charge is 0.496 e. The minimum atomic E-state index is -1.02. The molecule has 2 unspecified atom stereocenters. The number of hydrogen-bond acceptors (Lipinski definition) is 2. The fraction of sp³-hybridized carbons (Fsp3) is 0.267. The van der Waals surface area contributed by atoms with Crippen molar-refractivity contribution in [3.63, 3.8) is 0 Å². The zero-order valence-electron chi connectivity index (χ0n) is 10.7. The average molecular weight is 342 g/mol. The molecule has 0 N–H and O–H groups in total. The predicted molar refractivity (Wildman–Crippen MR) is 81.0 cm³/mol. The zero-order valence-corrected chi connectivity index (χ0v) is 13.0. The van der Waals surface area contributed by atoms with Gasteiger partial charge in [0, 0.05) is 16.0 Å². The lowest BCUT2D eigenvalue weighted by Crippen LogP contribution is -2.31. The number of carbonyl (C=O) groups excluding carboxylic acids is 1. The molecule has 0 saturated carbocycles. The maximum atomic E-state index is 11.2. The van der Waals surface area contributed by atoms with Crippen LogP contribution in [-0.2, 0) is 9.53 Å². The van der Waals surface area contributed by atoms with E-state index in [1.54, 1.807) is 13.2 Å². The summed E-state index contributed by atoms with van der Waals surface area (Å²) in [5.41, 5.74) is 1.99. The third-order valence-corrected chi connectivity index (χ3v) is 4.36. The summed E-state index contributed by atoms with van der Waals surface area (Å²) in [6, 6.07) is 7.93. The van der Waals surface area contributed by atoms with Crippen molar-refractivity contribution in [2.75, 3.05) is 7.11 Å². The van der Waals surface area contributed by atoms with E-state index < -0.39 is 4.87 Å². The van der Waals surface area contributed by atoms with Crippen LogP contribution in [0.15, 0.2) is 46.6 Å². The first-order chi connectivity index (χ1) is 9.00. The van der Waals surface area contributed by atoms with Crippen molar-refractivity contribution in [2.45, 2.75) is 11.8 Å². The Labute approximate surface area is 126 Å². The molecule has 2 rings (SSSR count). The van der Waals surface area contributed by atoms with E-state index in [0.717, 1.165) is 21.9 Å². The molecule has 2 atom stereocenters. The highest BCUT2D eigenvalue weighted by Gasteiger charge is 2.35. The Morgan fingerprint density at radius 3 is 2.53 bits per heavy atom. The van der Waals surface area contributed by atoms with Gasteiger partial charge in [0.2, 0.25) is 0 Å².